The lowest BCUT2D eigenvalue weighted by Crippen LogP contribution is -2.60. The summed E-state index contributed by atoms with van der Waals surface area (Å²) in [5.74, 6) is 3.36. The smallest absolute Gasteiger partial charge is 0.239 e. The molecular weight excluding hydrogens is 350 g/mol. The average molecular weight is 380 g/mol. The number of carbonyl (C=O) groups excluding carboxylic acids is 1. The Kier molecular flexibility index (Phi) is 4.86. The molecule has 1 aromatic rings. The monoisotopic (exact) mass is 379 g/mol. The summed E-state index contributed by atoms with van der Waals surface area (Å²) >= 11 is 0. The van der Waals surface area contributed by atoms with E-state index in [-0.39, 0.29) is 11.9 Å². The standard InChI is InChI=1S/C23H29N3O2/c24-12-15-1-3-16(4-2-15)13-26-5-6-28-14-21(26)23(27)25-22-19-8-17-7-18(10-19)11-20(22)9-17/h1-4,17-22H,5-11,13-14H2,(H,25,27). The lowest BCUT2D eigenvalue weighted by molar-refractivity contribution is -0.136. The Balaban J connectivity index is 1.25. The van der Waals surface area contributed by atoms with Gasteiger partial charge in [-0.3, -0.25) is 9.69 Å². The van der Waals surface area contributed by atoms with Crippen LogP contribution in [0.2, 0.25) is 0 Å². The summed E-state index contributed by atoms with van der Waals surface area (Å²) in [5, 5.41) is 12.4. The van der Waals surface area contributed by atoms with Crippen LogP contribution in [0.3, 0.4) is 0 Å². The number of morpholine rings is 1. The van der Waals surface area contributed by atoms with Gasteiger partial charge in [0, 0.05) is 19.1 Å². The van der Waals surface area contributed by atoms with Gasteiger partial charge in [0.05, 0.1) is 24.8 Å². The van der Waals surface area contributed by atoms with Crippen LogP contribution in [0.15, 0.2) is 24.3 Å². The quantitative estimate of drug-likeness (QED) is 0.874. The summed E-state index contributed by atoms with van der Waals surface area (Å²) in [4.78, 5) is 15.4. The molecule has 1 N–H and O–H groups in total. The van der Waals surface area contributed by atoms with E-state index in [0.29, 0.717) is 36.7 Å². The summed E-state index contributed by atoms with van der Waals surface area (Å²) in [6, 6.07) is 9.98. The number of nitrogens with zero attached hydrogens (tertiary/aromatic N) is 2. The van der Waals surface area contributed by atoms with Crippen LogP contribution in [0.5, 0.6) is 0 Å². The minimum absolute atomic E-state index is 0.144. The number of amides is 1. The highest BCUT2D eigenvalue weighted by molar-refractivity contribution is 5.82. The predicted octanol–water partition coefficient (Wildman–Crippen LogP) is 2.70. The van der Waals surface area contributed by atoms with Crippen molar-refractivity contribution in [2.24, 2.45) is 23.7 Å². The van der Waals surface area contributed by atoms with Gasteiger partial charge in [-0.25, -0.2) is 0 Å². The molecule has 1 unspecified atom stereocenters. The van der Waals surface area contributed by atoms with Gasteiger partial charge in [-0.2, -0.15) is 5.26 Å². The van der Waals surface area contributed by atoms with Crippen LogP contribution in [0.25, 0.3) is 0 Å². The Hall–Kier alpha value is -1.90. The van der Waals surface area contributed by atoms with Gasteiger partial charge in [0.2, 0.25) is 5.91 Å². The minimum atomic E-state index is -0.221. The first kappa shape index (κ1) is 18.1. The van der Waals surface area contributed by atoms with Crippen LogP contribution >= 0.6 is 0 Å². The fourth-order valence-corrected chi connectivity index (χ4v) is 6.41. The first-order valence-corrected chi connectivity index (χ1v) is 10.8. The van der Waals surface area contributed by atoms with Crippen LogP contribution < -0.4 is 5.32 Å². The van der Waals surface area contributed by atoms with E-state index in [1.807, 2.05) is 24.3 Å². The van der Waals surface area contributed by atoms with Gasteiger partial charge in [-0.15, -0.1) is 0 Å². The zero-order valence-electron chi connectivity index (χ0n) is 16.3. The Morgan fingerprint density at radius 2 is 1.79 bits per heavy atom. The molecule has 1 amide bonds. The molecule has 4 saturated carbocycles. The van der Waals surface area contributed by atoms with E-state index in [0.717, 1.165) is 30.5 Å². The average Bonchev–Trinajstić information content (AvgIpc) is 2.71. The van der Waals surface area contributed by atoms with Crippen molar-refractivity contribution in [1.29, 1.82) is 5.26 Å². The molecule has 1 aromatic carbocycles. The Morgan fingerprint density at radius 3 is 2.43 bits per heavy atom. The SMILES string of the molecule is N#Cc1ccc(CN2CCOCC2C(=O)NC2C3CC4CC(C3)CC2C4)cc1. The number of nitriles is 1. The number of carbonyl (C=O) groups is 1. The molecule has 1 heterocycles. The fourth-order valence-electron chi connectivity index (χ4n) is 6.41. The third-order valence-electron chi connectivity index (χ3n) is 7.55. The highest BCUT2D eigenvalue weighted by Gasteiger charge is 2.49. The molecule has 5 aliphatic rings. The molecule has 0 spiro atoms. The van der Waals surface area contributed by atoms with Gasteiger partial charge in [-0.05, 0) is 73.5 Å². The van der Waals surface area contributed by atoms with E-state index < -0.39 is 0 Å². The minimum Gasteiger partial charge on any atom is -0.378 e. The van der Waals surface area contributed by atoms with Crippen molar-refractivity contribution >= 4 is 5.91 Å². The molecule has 28 heavy (non-hydrogen) atoms. The highest BCUT2D eigenvalue weighted by atomic mass is 16.5. The molecule has 5 heteroatoms. The van der Waals surface area contributed by atoms with Crippen molar-refractivity contribution in [3.8, 4) is 6.07 Å². The maximum Gasteiger partial charge on any atom is 0.239 e. The van der Waals surface area contributed by atoms with Gasteiger partial charge in [0.1, 0.15) is 6.04 Å². The van der Waals surface area contributed by atoms with Gasteiger partial charge in [-0.1, -0.05) is 12.1 Å². The lowest BCUT2D eigenvalue weighted by Gasteiger charge is -2.54. The van der Waals surface area contributed by atoms with Crippen molar-refractivity contribution < 1.29 is 9.53 Å². The van der Waals surface area contributed by atoms with E-state index in [4.69, 9.17) is 10.00 Å². The molecule has 5 fully saturated rings. The van der Waals surface area contributed by atoms with Crippen LogP contribution in [0.4, 0.5) is 0 Å². The van der Waals surface area contributed by atoms with Crippen molar-refractivity contribution in [2.45, 2.75) is 50.7 Å². The van der Waals surface area contributed by atoms with E-state index in [1.165, 1.54) is 32.1 Å². The van der Waals surface area contributed by atoms with Crippen LogP contribution in [-0.4, -0.2) is 42.6 Å². The molecule has 1 saturated heterocycles. The molecule has 1 aliphatic heterocycles. The predicted molar refractivity (Wildman–Crippen MR) is 105 cm³/mol. The summed E-state index contributed by atoms with van der Waals surface area (Å²) in [7, 11) is 0. The maximum absolute atomic E-state index is 13.2. The topological polar surface area (TPSA) is 65.4 Å². The first-order chi connectivity index (χ1) is 13.7. The number of nitrogens with one attached hydrogen (secondary N) is 1. The number of benzene rings is 1. The molecule has 4 bridgehead atoms. The molecule has 1 atom stereocenters. The van der Waals surface area contributed by atoms with Crippen LogP contribution in [0.1, 0.15) is 43.2 Å². The Bertz CT molecular complexity index is 741. The molecular formula is C23H29N3O2. The van der Waals surface area contributed by atoms with Crippen molar-refractivity contribution in [3.05, 3.63) is 35.4 Å². The van der Waals surface area contributed by atoms with E-state index in [9.17, 15) is 4.79 Å². The summed E-state index contributed by atoms with van der Waals surface area (Å²) < 4.78 is 5.67. The van der Waals surface area contributed by atoms with Gasteiger partial charge in [0.25, 0.3) is 0 Å². The fraction of sp³-hybridized carbons (Fsp3) is 0.652. The Labute approximate surface area is 167 Å². The summed E-state index contributed by atoms with van der Waals surface area (Å²) in [6.45, 7) is 2.61. The highest BCUT2D eigenvalue weighted by Crippen LogP contribution is 2.53. The van der Waals surface area contributed by atoms with Crippen molar-refractivity contribution in [3.63, 3.8) is 0 Å². The molecule has 0 aromatic heterocycles. The van der Waals surface area contributed by atoms with Crippen molar-refractivity contribution in [2.75, 3.05) is 19.8 Å². The van der Waals surface area contributed by atoms with E-state index >= 15 is 0 Å². The van der Waals surface area contributed by atoms with Gasteiger partial charge in [0.15, 0.2) is 0 Å². The Morgan fingerprint density at radius 1 is 1.11 bits per heavy atom. The van der Waals surface area contributed by atoms with Gasteiger partial charge >= 0.3 is 0 Å². The van der Waals surface area contributed by atoms with Crippen LogP contribution in [-0.2, 0) is 16.1 Å². The normalized spacial score (nSPS) is 36.8. The second-order valence-corrected chi connectivity index (χ2v) is 9.34. The largest absolute Gasteiger partial charge is 0.378 e. The first-order valence-electron chi connectivity index (χ1n) is 10.8. The third kappa shape index (κ3) is 3.44. The molecule has 148 valence electrons. The number of hydrogen-bond donors (Lipinski definition) is 1. The van der Waals surface area contributed by atoms with Crippen molar-refractivity contribution in [1.82, 2.24) is 10.2 Å². The van der Waals surface area contributed by atoms with E-state index in [1.54, 1.807) is 0 Å². The zero-order chi connectivity index (χ0) is 19.1. The number of rotatable bonds is 4. The van der Waals surface area contributed by atoms with E-state index in [2.05, 4.69) is 16.3 Å². The van der Waals surface area contributed by atoms with Crippen LogP contribution in [0, 0.1) is 35.0 Å². The second-order valence-electron chi connectivity index (χ2n) is 9.34. The number of ether oxygens (including phenoxy) is 1. The molecule has 0 radical (unpaired) electrons. The molecule has 5 nitrogen and oxygen atoms in total. The molecule has 4 aliphatic carbocycles. The lowest BCUT2D eigenvalue weighted by atomic mass is 9.54. The number of hydrogen-bond acceptors (Lipinski definition) is 4. The van der Waals surface area contributed by atoms with Gasteiger partial charge < -0.3 is 10.1 Å². The molecule has 6 rings (SSSR count). The summed E-state index contributed by atoms with van der Waals surface area (Å²) in [6.07, 6.45) is 6.69. The maximum atomic E-state index is 13.2. The zero-order valence-corrected chi connectivity index (χ0v) is 16.3. The summed E-state index contributed by atoms with van der Waals surface area (Å²) in [5.41, 5.74) is 1.80. The third-order valence-corrected chi connectivity index (χ3v) is 7.55. The second kappa shape index (κ2) is 7.50.